The highest BCUT2D eigenvalue weighted by molar-refractivity contribution is 8.18. The molecular formula is C32H32N4OS. The van der Waals surface area contributed by atoms with Crippen molar-refractivity contribution in [3.63, 3.8) is 0 Å². The van der Waals surface area contributed by atoms with Crippen LogP contribution in [-0.4, -0.2) is 40.2 Å². The number of amides is 1. The molecule has 0 spiro atoms. The maximum atomic E-state index is 13.4. The fourth-order valence-corrected chi connectivity index (χ4v) is 6.37. The van der Waals surface area contributed by atoms with Crippen molar-refractivity contribution < 1.29 is 4.79 Å². The van der Waals surface area contributed by atoms with Gasteiger partial charge >= 0.3 is 0 Å². The lowest BCUT2D eigenvalue weighted by atomic mass is 10.1. The van der Waals surface area contributed by atoms with Gasteiger partial charge in [0.15, 0.2) is 5.17 Å². The fourth-order valence-electron chi connectivity index (χ4n) is 5.31. The lowest BCUT2D eigenvalue weighted by molar-refractivity contribution is -0.122. The van der Waals surface area contributed by atoms with E-state index in [9.17, 15) is 4.79 Å². The molecule has 3 heterocycles. The standard InChI is InChI=1S/C32H32N4OS/c1-2-36-31(37)30(38-32(36)33-26-15-17-27(18-16-26)34-19-9-4-10-20-34)21-25-23-35(22-24-11-5-3-6-12-24)29-14-8-7-13-28(25)29/h3,5-8,11-18,21,23H,2,4,9-10,19-20,22H2,1H3/b30-21-,33-32?. The molecule has 2 aliphatic rings. The Labute approximate surface area is 228 Å². The third-order valence-corrected chi connectivity index (χ3v) is 8.31. The summed E-state index contributed by atoms with van der Waals surface area (Å²) in [5, 5.41) is 1.88. The van der Waals surface area contributed by atoms with Gasteiger partial charge in [-0.2, -0.15) is 0 Å². The van der Waals surface area contributed by atoms with E-state index in [1.807, 2.05) is 19.1 Å². The number of anilines is 1. The van der Waals surface area contributed by atoms with Gasteiger partial charge in [0.05, 0.1) is 10.6 Å². The number of hydrogen-bond donors (Lipinski definition) is 0. The summed E-state index contributed by atoms with van der Waals surface area (Å²) >= 11 is 1.46. The van der Waals surface area contributed by atoms with E-state index < -0.39 is 0 Å². The predicted octanol–water partition coefficient (Wildman–Crippen LogP) is 7.30. The van der Waals surface area contributed by atoms with Crippen LogP contribution in [0.4, 0.5) is 11.4 Å². The number of aromatic nitrogens is 1. The van der Waals surface area contributed by atoms with E-state index in [1.165, 1.54) is 42.3 Å². The van der Waals surface area contributed by atoms with Gasteiger partial charge in [-0.15, -0.1) is 0 Å². The predicted molar refractivity (Wildman–Crippen MR) is 160 cm³/mol. The molecule has 38 heavy (non-hydrogen) atoms. The molecule has 0 aliphatic carbocycles. The highest BCUT2D eigenvalue weighted by atomic mass is 32.2. The second kappa shape index (κ2) is 10.9. The Hall–Kier alpha value is -3.77. The first-order valence-electron chi connectivity index (χ1n) is 13.5. The normalized spacial score (nSPS) is 18.3. The van der Waals surface area contributed by atoms with Crippen molar-refractivity contribution in [3.05, 3.63) is 101 Å². The van der Waals surface area contributed by atoms with E-state index in [1.54, 1.807) is 4.90 Å². The lowest BCUT2D eigenvalue weighted by Gasteiger charge is -2.28. The Bertz CT molecular complexity index is 1500. The molecule has 2 aliphatic heterocycles. The third-order valence-electron chi connectivity index (χ3n) is 7.30. The first kappa shape index (κ1) is 24.6. The van der Waals surface area contributed by atoms with Gasteiger partial charge in [0.2, 0.25) is 0 Å². The van der Waals surface area contributed by atoms with E-state index in [0.29, 0.717) is 11.4 Å². The van der Waals surface area contributed by atoms with Crippen LogP contribution in [0.25, 0.3) is 17.0 Å². The Morgan fingerprint density at radius 3 is 2.39 bits per heavy atom. The summed E-state index contributed by atoms with van der Waals surface area (Å²) in [5.41, 5.74) is 5.59. The molecule has 6 rings (SSSR count). The van der Waals surface area contributed by atoms with Gasteiger partial charge in [0, 0.05) is 54.5 Å². The number of carbonyl (C=O) groups excluding carboxylic acids is 1. The van der Waals surface area contributed by atoms with Crippen LogP contribution in [0.1, 0.15) is 37.3 Å². The molecule has 0 bridgehead atoms. The molecule has 0 unspecified atom stereocenters. The topological polar surface area (TPSA) is 40.8 Å². The van der Waals surface area contributed by atoms with Crippen molar-refractivity contribution >= 4 is 51.2 Å². The quantitative estimate of drug-likeness (QED) is 0.250. The summed E-state index contributed by atoms with van der Waals surface area (Å²) < 4.78 is 2.26. The molecule has 4 aromatic rings. The number of likely N-dealkylation sites (N-methyl/N-ethyl adjacent to an activating group) is 1. The number of carbonyl (C=O) groups is 1. The minimum Gasteiger partial charge on any atom is -0.372 e. The minimum atomic E-state index is 0.0149. The van der Waals surface area contributed by atoms with Gasteiger partial charge in [0.1, 0.15) is 0 Å². The largest absolute Gasteiger partial charge is 0.372 e. The zero-order valence-corrected chi connectivity index (χ0v) is 22.5. The Morgan fingerprint density at radius 1 is 0.895 bits per heavy atom. The van der Waals surface area contributed by atoms with E-state index in [0.717, 1.165) is 47.0 Å². The molecule has 0 N–H and O–H groups in total. The molecule has 1 aromatic heterocycles. The van der Waals surface area contributed by atoms with E-state index in [4.69, 9.17) is 4.99 Å². The van der Waals surface area contributed by atoms with Crippen molar-refractivity contribution in [1.82, 2.24) is 9.47 Å². The Morgan fingerprint density at radius 2 is 1.63 bits per heavy atom. The Balaban J connectivity index is 1.28. The second-order valence-corrected chi connectivity index (χ2v) is 10.8. The number of piperidine rings is 1. The number of nitrogens with zero attached hydrogens (tertiary/aromatic N) is 4. The zero-order chi connectivity index (χ0) is 25.9. The molecule has 0 atom stereocenters. The van der Waals surface area contributed by atoms with Crippen molar-refractivity contribution in [2.45, 2.75) is 32.7 Å². The van der Waals surface area contributed by atoms with Crippen LogP contribution < -0.4 is 4.90 Å². The molecule has 0 radical (unpaired) electrons. The van der Waals surface area contributed by atoms with Gasteiger partial charge < -0.3 is 9.47 Å². The van der Waals surface area contributed by atoms with Gasteiger partial charge in [0.25, 0.3) is 5.91 Å². The molecule has 5 nitrogen and oxygen atoms in total. The number of fused-ring (bicyclic) bond motifs is 1. The van der Waals surface area contributed by atoms with E-state index in [-0.39, 0.29) is 5.91 Å². The lowest BCUT2D eigenvalue weighted by Crippen LogP contribution is -2.29. The molecule has 1 amide bonds. The number of rotatable bonds is 6. The van der Waals surface area contributed by atoms with Crippen molar-refractivity contribution in [1.29, 1.82) is 0 Å². The summed E-state index contributed by atoms with van der Waals surface area (Å²) in [6, 6.07) is 27.3. The average Bonchev–Trinajstić information content (AvgIpc) is 3.46. The monoisotopic (exact) mass is 520 g/mol. The SMILES string of the molecule is CCN1C(=O)/C(=C/c2cn(Cc3ccccc3)c3ccccc23)SC1=Nc1ccc(N2CCCCC2)cc1. The van der Waals surface area contributed by atoms with Crippen molar-refractivity contribution in [2.24, 2.45) is 4.99 Å². The summed E-state index contributed by atoms with van der Waals surface area (Å²) in [5.74, 6) is 0.0149. The van der Waals surface area contributed by atoms with E-state index >= 15 is 0 Å². The molecule has 6 heteroatoms. The molecular weight excluding hydrogens is 488 g/mol. The highest BCUT2D eigenvalue weighted by Crippen LogP contribution is 2.36. The number of para-hydroxylation sites is 1. The number of aliphatic imine (C=N–C) groups is 1. The average molecular weight is 521 g/mol. The summed E-state index contributed by atoms with van der Waals surface area (Å²) in [6.07, 6.45) is 8.02. The second-order valence-electron chi connectivity index (χ2n) is 9.83. The van der Waals surface area contributed by atoms with Crippen molar-refractivity contribution in [3.8, 4) is 0 Å². The first-order chi connectivity index (χ1) is 18.7. The summed E-state index contributed by atoms with van der Waals surface area (Å²) in [6.45, 7) is 5.62. The molecule has 2 saturated heterocycles. The number of thioether (sulfide) groups is 1. The van der Waals surface area contributed by atoms with Gasteiger partial charge in [-0.05, 0) is 79.9 Å². The van der Waals surface area contributed by atoms with Crippen LogP contribution in [0.3, 0.4) is 0 Å². The smallest absolute Gasteiger partial charge is 0.266 e. The summed E-state index contributed by atoms with van der Waals surface area (Å²) in [4.78, 5) is 23.2. The molecule has 3 aromatic carbocycles. The van der Waals surface area contributed by atoms with Gasteiger partial charge in [-0.3, -0.25) is 9.69 Å². The highest BCUT2D eigenvalue weighted by Gasteiger charge is 2.32. The van der Waals surface area contributed by atoms with Crippen LogP contribution in [0.15, 0.2) is 95.0 Å². The maximum Gasteiger partial charge on any atom is 0.266 e. The number of benzene rings is 3. The Kier molecular flexibility index (Phi) is 7.06. The minimum absolute atomic E-state index is 0.0149. The van der Waals surface area contributed by atoms with Crippen LogP contribution in [0.5, 0.6) is 0 Å². The zero-order valence-electron chi connectivity index (χ0n) is 21.7. The number of amidine groups is 1. The molecule has 0 saturated carbocycles. The van der Waals surface area contributed by atoms with Crippen LogP contribution in [0.2, 0.25) is 0 Å². The van der Waals surface area contributed by atoms with Crippen LogP contribution in [-0.2, 0) is 11.3 Å². The summed E-state index contributed by atoms with van der Waals surface area (Å²) in [7, 11) is 0. The first-order valence-corrected chi connectivity index (χ1v) is 14.3. The van der Waals surface area contributed by atoms with Gasteiger partial charge in [-0.25, -0.2) is 4.99 Å². The molecule has 192 valence electrons. The number of hydrogen-bond acceptors (Lipinski definition) is 4. The van der Waals surface area contributed by atoms with Crippen LogP contribution in [0, 0.1) is 0 Å². The van der Waals surface area contributed by atoms with Crippen molar-refractivity contribution in [2.75, 3.05) is 24.5 Å². The van der Waals surface area contributed by atoms with E-state index in [2.05, 4.69) is 88.5 Å². The molecule has 2 fully saturated rings. The maximum absolute atomic E-state index is 13.4. The fraction of sp³-hybridized carbons (Fsp3) is 0.250. The van der Waals surface area contributed by atoms with Gasteiger partial charge in [-0.1, -0.05) is 48.5 Å². The third kappa shape index (κ3) is 5.01. The van der Waals surface area contributed by atoms with Crippen LogP contribution >= 0.6 is 11.8 Å².